The third-order valence-electron chi connectivity index (χ3n) is 3.31. The van der Waals surface area contributed by atoms with Crippen LogP contribution in [0.15, 0.2) is 42.5 Å². The van der Waals surface area contributed by atoms with Crippen molar-refractivity contribution in [3.63, 3.8) is 0 Å². The van der Waals surface area contributed by atoms with Gasteiger partial charge in [-0.25, -0.2) is 4.98 Å². The fourth-order valence-electron chi connectivity index (χ4n) is 2.35. The smallest absolute Gasteiger partial charge is 0.132 e. The van der Waals surface area contributed by atoms with Gasteiger partial charge in [0.2, 0.25) is 0 Å². The Bertz CT molecular complexity index is 796. The Balaban J connectivity index is 2.34. The van der Waals surface area contributed by atoms with Gasteiger partial charge in [0.05, 0.1) is 23.5 Å². The Hall–Kier alpha value is -1.71. The second-order valence-electron chi connectivity index (χ2n) is 4.76. The molecule has 3 nitrogen and oxygen atoms in total. The Morgan fingerprint density at radius 1 is 1.19 bits per heavy atom. The van der Waals surface area contributed by atoms with E-state index in [9.17, 15) is 0 Å². The maximum Gasteiger partial charge on any atom is 0.132 e. The molecular weight excluding hydrogens is 307 g/mol. The quantitative estimate of drug-likeness (QED) is 0.636. The molecule has 0 fully saturated rings. The lowest BCUT2D eigenvalue weighted by Crippen LogP contribution is -2.01. The molecule has 108 valence electrons. The third kappa shape index (κ3) is 2.59. The van der Waals surface area contributed by atoms with Gasteiger partial charge in [-0.3, -0.25) is 4.57 Å². The van der Waals surface area contributed by atoms with Crippen molar-refractivity contribution in [1.29, 1.82) is 0 Å². The van der Waals surface area contributed by atoms with Crippen molar-refractivity contribution in [2.24, 2.45) is 0 Å². The van der Waals surface area contributed by atoms with Crippen molar-refractivity contribution < 1.29 is 4.74 Å². The van der Waals surface area contributed by atoms with Crippen molar-refractivity contribution >= 4 is 34.2 Å². The minimum Gasteiger partial charge on any atom is -0.497 e. The summed E-state index contributed by atoms with van der Waals surface area (Å²) in [5, 5.41) is 0.452. The first-order chi connectivity index (χ1) is 10.1. The number of fused-ring (bicyclic) bond motifs is 1. The second-order valence-corrected chi connectivity index (χ2v) is 5.85. The summed E-state index contributed by atoms with van der Waals surface area (Å²) in [6, 6.07) is 13.4. The van der Waals surface area contributed by atoms with Crippen LogP contribution >= 0.6 is 23.2 Å². The van der Waals surface area contributed by atoms with Crippen molar-refractivity contribution in [2.75, 3.05) is 7.11 Å². The lowest BCUT2D eigenvalue weighted by Gasteiger charge is -2.11. The summed E-state index contributed by atoms with van der Waals surface area (Å²) in [5.41, 5.74) is 2.75. The van der Waals surface area contributed by atoms with Gasteiger partial charge in [0.25, 0.3) is 0 Å². The number of alkyl halides is 1. The van der Waals surface area contributed by atoms with Gasteiger partial charge in [0.15, 0.2) is 0 Å². The summed E-state index contributed by atoms with van der Waals surface area (Å²) in [6.07, 6.45) is 0. The van der Waals surface area contributed by atoms with E-state index < -0.39 is 0 Å². The average molecular weight is 321 g/mol. The van der Waals surface area contributed by atoms with Gasteiger partial charge in [-0.2, -0.15) is 0 Å². The predicted octanol–water partition coefficient (Wildman–Crippen LogP) is 4.99. The first-order valence-electron chi connectivity index (χ1n) is 6.56. The number of hydrogen-bond donors (Lipinski definition) is 0. The van der Waals surface area contributed by atoms with E-state index in [1.807, 2.05) is 54.0 Å². The molecular formula is C16H14Cl2N2O. The molecule has 1 heterocycles. The standard InChI is InChI=1S/C16H14Cl2N2O/c1-10(17)16-19-14-7-6-13(21-2)9-15(14)20(16)12-5-3-4-11(18)8-12/h3-10H,1-2H3. The number of rotatable bonds is 3. The highest BCUT2D eigenvalue weighted by atomic mass is 35.5. The van der Waals surface area contributed by atoms with Crippen LogP contribution in [0.2, 0.25) is 5.02 Å². The number of benzene rings is 2. The van der Waals surface area contributed by atoms with Crippen LogP contribution in [0.1, 0.15) is 18.1 Å². The zero-order valence-electron chi connectivity index (χ0n) is 11.7. The Labute approximate surface area is 133 Å². The highest BCUT2D eigenvalue weighted by molar-refractivity contribution is 6.30. The third-order valence-corrected chi connectivity index (χ3v) is 3.74. The number of aromatic nitrogens is 2. The summed E-state index contributed by atoms with van der Waals surface area (Å²) in [7, 11) is 1.65. The Morgan fingerprint density at radius 3 is 2.67 bits per heavy atom. The fourth-order valence-corrected chi connectivity index (χ4v) is 2.69. The van der Waals surface area contributed by atoms with Crippen molar-refractivity contribution in [2.45, 2.75) is 12.3 Å². The average Bonchev–Trinajstić information content (AvgIpc) is 2.85. The molecule has 1 unspecified atom stereocenters. The second kappa shape index (κ2) is 5.58. The number of nitrogens with zero attached hydrogens (tertiary/aromatic N) is 2. The van der Waals surface area contributed by atoms with Gasteiger partial charge < -0.3 is 4.74 Å². The first kappa shape index (κ1) is 14.2. The van der Waals surface area contributed by atoms with E-state index in [0.29, 0.717) is 5.02 Å². The highest BCUT2D eigenvalue weighted by Crippen LogP contribution is 2.31. The van der Waals surface area contributed by atoms with Crippen LogP contribution in [0.25, 0.3) is 16.7 Å². The van der Waals surface area contributed by atoms with Crippen LogP contribution in [0.4, 0.5) is 0 Å². The lowest BCUT2D eigenvalue weighted by molar-refractivity contribution is 0.415. The maximum absolute atomic E-state index is 6.30. The Morgan fingerprint density at radius 2 is 2.00 bits per heavy atom. The largest absolute Gasteiger partial charge is 0.497 e. The van der Waals surface area contributed by atoms with Crippen molar-refractivity contribution in [3.05, 3.63) is 53.3 Å². The first-order valence-corrected chi connectivity index (χ1v) is 7.38. The van der Waals surface area contributed by atoms with Gasteiger partial charge in [-0.1, -0.05) is 17.7 Å². The van der Waals surface area contributed by atoms with Crippen LogP contribution in [-0.2, 0) is 0 Å². The summed E-state index contributed by atoms with van der Waals surface area (Å²) >= 11 is 12.4. The van der Waals surface area contributed by atoms with E-state index in [-0.39, 0.29) is 5.38 Å². The van der Waals surface area contributed by atoms with E-state index in [1.165, 1.54) is 0 Å². The maximum atomic E-state index is 6.30. The molecule has 1 atom stereocenters. The van der Waals surface area contributed by atoms with E-state index in [2.05, 4.69) is 4.98 Å². The van der Waals surface area contributed by atoms with Crippen molar-refractivity contribution in [3.8, 4) is 11.4 Å². The molecule has 2 aromatic carbocycles. The molecule has 3 aromatic rings. The molecule has 0 bridgehead atoms. The molecule has 21 heavy (non-hydrogen) atoms. The molecule has 0 N–H and O–H groups in total. The molecule has 0 radical (unpaired) electrons. The van der Waals surface area contributed by atoms with Gasteiger partial charge in [-0.05, 0) is 37.3 Å². The van der Waals surface area contributed by atoms with E-state index in [1.54, 1.807) is 7.11 Å². The monoisotopic (exact) mass is 320 g/mol. The van der Waals surface area contributed by atoms with Crippen molar-refractivity contribution in [1.82, 2.24) is 9.55 Å². The fraction of sp³-hybridized carbons (Fsp3) is 0.188. The topological polar surface area (TPSA) is 27.1 Å². The van der Waals surface area contributed by atoms with Gasteiger partial charge in [-0.15, -0.1) is 11.6 Å². The zero-order chi connectivity index (χ0) is 15.0. The molecule has 3 rings (SSSR count). The van der Waals surface area contributed by atoms with E-state index >= 15 is 0 Å². The molecule has 0 aliphatic carbocycles. The molecule has 0 saturated carbocycles. The molecule has 0 aliphatic rings. The SMILES string of the molecule is COc1ccc2nc(C(C)Cl)n(-c3cccc(Cl)c3)c2c1. The van der Waals surface area contributed by atoms with Gasteiger partial charge >= 0.3 is 0 Å². The number of methoxy groups -OCH3 is 1. The summed E-state index contributed by atoms with van der Waals surface area (Å²) in [6.45, 7) is 1.90. The molecule has 1 aromatic heterocycles. The lowest BCUT2D eigenvalue weighted by atomic mass is 10.2. The normalized spacial score (nSPS) is 12.6. The van der Waals surface area contributed by atoms with Crippen LogP contribution in [0.5, 0.6) is 5.75 Å². The summed E-state index contributed by atoms with van der Waals surface area (Å²) in [4.78, 5) is 4.63. The number of imidazole rings is 1. The van der Waals surface area contributed by atoms with E-state index in [0.717, 1.165) is 28.3 Å². The van der Waals surface area contributed by atoms with Crippen LogP contribution in [0, 0.1) is 0 Å². The molecule has 0 spiro atoms. The van der Waals surface area contributed by atoms with Crippen LogP contribution in [-0.4, -0.2) is 16.7 Å². The van der Waals surface area contributed by atoms with Crippen LogP contribution < -0.4 is 4.74 Å². The molecule has 5 heteroatoms. The predicted molar refractivity (Wildman–Crippen MR) is 86.9 cm³/mol. The van der Waals surface area contributed by atoms with Crippen LogP contribution in [0.3, 0.4) is 0 Å². The minimum absolute atomic E-state index is 0.220. The van der Waals surface area contributed by atoms with Gasteiger partial charge in [0, 0.05) is 16.8 Å². The highest BCUT2D eigenvalue weighted by Gasteiger charge is 2.17. The number of halogens is 2. The summed E-state index contributed by atoms with van der Waals surface area (Å²) < 4.78 is 7.32. The van der Waals surface area contributed by atoms with Gasteiger partial charge in [0.1, 0.15) is 11.6 Å². The molecule has 0 amide bonds. The number of hydrogen-bond acceptors (Lipinski definition) is 2. The minimum atomic E-state index is -0.220. The Kier molecular flexibility index (Phi) is 3.79. The molecule has 0 saturated heterocycles. The zero-order valence-corrected chi connectivity index (χ0v) is 13.2. The number of ether oxygens (including phenoxy) is 1. The van der Waals surface area contributed by atoms with E-state index in [4.69, 9.17) is 27.9 Å². The molecule has 0 aliphatic heterocycles. The summed E-state index contributed by atoms with van der Waals surface area (Å²) in [5.74, 6) is 1.56.